The summed E-state index contributed by atoms with van der Waals surface area (Å²) in [4.78, 5) is 23.6. The molecule has 2 aromatic rings. The van der Waals surface area contributed by atoms with Crippen LogP contribution in [0.1, 0.15) is 36.8 Å². The van der Waals surface area contributed by atoms with Crippen LogP contribution >= 0.6 is 0 Å². The lowest BCUT2D eigenvalue weighted by atomic mass is 9.71. The number of fused-ring (bicyclic) bond motifs is 3. The molecule has 4 nitrogen and oxygen atoms in total. The Balaban J connectivity index is 2.08. The molecule has 0 spiro atoms. The summed E-state index contributed by atoms with van der Waals surface area (Å²) in [6.07, 6.45) is 1.82. The smallest absolute Gasteiger partial charge is 0.305 e. The van der Waals surface area contributed by atoms with Gasteiger partial charge in [0.05, 0.1) is 14.2 Å². The number of carbonyl (C=O) groups excluding carboxylic acids is 2. The molecule has 0 aromatic heterocycles. The quantitative estimate of drug-likeness (QED) is 0.751. The maximum absolute atomic E-state index is 11.8. The Morgan fingerprint density at radius 2 is 1.16 bits per heavy atom. The SMILES string of the molecule is COC(=O)CCC1(CCC(=O)OC)c2ccccc2-c2ccccc21. The molecule has 0 radical (unpaired) electrons. The van der Waals surface area contributed by atoms with Gasteiger partial charge in [-0.3, -0.25) is 9.59 Å². The van der Waals surface area contributed by atoms with E-state index >= 15 is 0 Å². The first-order chi connectivity index (χ1) is 12.1. The molecule has 0 fully saturated rings. The van der Waals surface area contributed by atoms with Gasteiger partial charge in [-0.2, -0.15) is 0 Å². The van der Waals surface area contributed by atoms with Crippen LogP contribution in [0.2, 0.25) is 0 Å². The van der Waals surface area contributed by atoms with Crippen LogP contribution in [0.25, 0.3) is 11.1 Å². The first-order valence-electron chi connectivity index (χ1n) is 8.45. The van der Waals surface area contributed by atoms with Crippen molar-refractivity contribution < 1.29 is 19.1 Å². The fraction of sp³-hybridized carbons (Fsp3) is 0.333. The van der Waals surface area contributed by atoms with E-state index in [4.69, 9.17) is 9.47 Å². The second-order valence-electron chi connectivity index (χ2n) is 6.33. The van der Waals surface area contributed by atoms with Crippen LogP contribution in [0.3, 0.4) is 0 Å². The second kappa shape index (κ2) is 7.09. The van der Waals surface area contributed by atoms with E-state index in [0.29, 0.717) is 25.7 Å². The van der Waals surface area contributed by atoms with Crippen molar-refractivity contribution in [2.75, 3.05) is 14.2 Å². The van der Waals surface area contributed by atoms with Gasteiger partial charge in [0, 0.05) is 18.3 Å². The Labute approximate surface area is 147 Å². The molecule has 0 bridgehead atoms. The minimum absolute atomic E-state index is 0.237. The van der Waals surface area contributed by atoms with Gasteiger partial charge in [-0.05, 0) is 35.1 Å². The Morgan fingerprint density at radius 3 is 1.56 bits per heavy atom. The van der Waals surface area contributed by atoms with Crippen LogP contribution in [0.15, 0.2) is 48.5 Å². The lowest BCUT2D eigenvalue weighted by molar-refractivity contribution is -0.141. The Morgan fingerprint density at radius 1 is 0.760 bits per heavy atom. The monoisotopic (exact) mass is 338 g/mol. The number of esters is 2. The van der Waals surface area contributed by atoms with E-state index in [2.05, 4.69) is 24.3 Å². The summed E-state index contributed by atoms with van der Waals surface area (Å²) in [6.45, 7) is 0. The first kappa shape index (κ1) is 17.2. The highest BCUT2D eigenvalue weighted by Crippen LogP contribution is 2.53. The molecule has 0 heterocycles. The van der Waals surface area contributed by atoms with Crippen molar-refractivity contribution in [1.82, 2.24) is 0 Å². The predicted molar refractivity (Wildman–Crippen MR) is 95.2 cm³/mol. The van der Waals surface area contributed by atoms with Crippen LogP contribution in [-0.2, 0) is 24.5 Å². The number of methoxy groups -OCH3 is 2. The first-order valence-corrected chi connectivity index (χ1v) is 8.45. The summed E-state index contributed by atoms with van der Waals surface area (Å²) in [6, 6.07) is 16.5. The van der Waals surface area contributed by atoms with Crippen LogP contribution < -0.4 is 0 Å². The second-order valence-corrected chi connectivity index (χ2v) is 6.33. The van der Waals surface area contributed by atoms with Gasteiger partial charge >= 0.3 is 11.9 Å². The summed E-state index contributed by atoms with van der Waals surface area (Å²) in [5.41, 5.74) is 4.31. The third kappa shape index (κ3) is 3.04. The van der Waals surface area contributed by atoms with Crippen LogP contribution in [0.5, 0.6) is 0 Å². The Kier molecular flexibility index (Phi) is 4.88. The molecule has 25 heavy (non-hydrogen) atoms. The highest BCUT2D eigenvalue weighted by Gasteiger charge is 2.43. The highest BCUT2D eigenvalue weighted by atomic mass is 16.5. The van der Waals surface area contributed by atoms with E-state index in [1.807, 2.05) is 24.3 Å². The van der Waals surface area contributed by atoms with Gasteiger partial charge in [0.15, 0.2) is 0 Å². The lowest BCUT2D eigenvalue weighted by Gasteiger charge is -2.31. The van der Waals surface area contributed by atoms with Crippen LogP contribution in [-0.4, -0.2) is 26.2 Å². The Hall–Kier alpha value is -2.62. The Bertz CT molecular complexity index is 726. The van der Waals surface area contributed by atoms with Gasteiger partial charge in [0.2, 0.25) is 0 Å². The number of benzene rings is 2. The molecule has 3 rings (SSSR count). The molecule has 130 valence electrons. The molecule has 2 aromatic carbocycles. The zero-order chi connectivity index (χ0) is 17.9. The van der Waals surface area contributed by atoms with Crippen LogP contribution in [0.4, 0.5) is 0 Å². The molecular weight excluding hydrogens is 316 g/mol. The number of ether oxygens (including phenoxy) is 2. The van der Waals surface area contributed by atoms with Crippen molar-refractivity contribution in [3.63, 3.8) is 0 Å². The molecule has 0 unspecified atom stereocenters. The summed E-state index contributed by atoms with van der Waals surface area (Å²) >= 11 is 0. The average Bonchev–Trinajstić information content (AvgIpc) is 2.95. The fourth-order valence-electron chi connectivity index (χ4n) is 3.91. The number of hydrogen-bond donors (Lipinski definition) is 0. The molecular formula is C21H22O4. The van der Waals surface area contributed by atoms with E-state index in [1.54, 1.807) is 0 Å². The van der Waals surface area contributed by atoms with Crippen molar-refractivity contribution in [2.45, 2.75) is 31.1 Å². The number of hydrogen-bond acceptors (Lipinski definition) is 4. The summed E-state index contributed by atoms with van der Waals surface area (Å²) < 4.78 is 9.69. The van der Waals surface area contributed by atoms with Gasteiger partial charge < -0.3 is 9.47 Å². The molecule has 1 aliphatic rings. The maximum atomic E-state index is 11.8. The third-order valence-electron chi connectivity index (χ3n) is 5.14. The largest absolute Gasteiger partial charge is 0.469 e. The molecule has 0 aliphatic heterocycles. The van der Waals surface area contributed by atoms with Crippen LogP contribution in [0, 0.1) is 0 Å². The van der Waals surface area contributed by atoms with E-state index in [9.17, 15) is 9.59 Å². The van der Waals surface area contributed by atoms with Gasteiger partial charge in [0.25, 0.3) is 0 Å². The van der Waals surface area contributed by atoms with Crippen molar-refractivity contribution in [2.24, 2.45) is 0 Å². The molecule has 0 amide bonds. The molecule has 0 saturated carbocycles. The number of rotatable bonds is 6. The van der Waals surface area contributed by atoms with Gasteiger partial charge in [-0.15, -0.1) is 0 Å². The minimum Gasteiger partial charge on any atom is -0.469 e. The fourth-order valence-corrected chi connectivity index (χ4v) is 3.91. The maximum Gasteiger partial charge on any atom is 0.305 e. The van der Waals surface area contributed by atoms with E-state index in [0.717, 1.165) is 0 Å². The predicted octanol–water partition coefficient (Wildman–Crippen LogP) is 3.86. The van der Waals surface area contributed by atoms with Crippen molar-refractivity contribution >= 4 is 11.9 Å². The zero-order valence-electron chi connectivity index (χ0n) is 14.6. The van der Waals surface area contributed by atoms with E-state index < -0.39 is 0 Å². The summed E-state index contributed by atoms with van der Waals surface area (Å²) in [5, 5.41) is 0. The summed E-state index contributed by atoms with van der Waals surface area (Å²) in [5.74, 6) is -0.474. The molecule has 0 saturated heterocycles. The zero-order valence-corrected chi connectivity index (χ0v) is 14.6. The standard InChI is InChI=1S/C21H22O4/c1-24-19(22)11-13-21(14-12-20(23)25-2)17-9-5-3-7-15(17)16-8-4-6-10-18(16)21/h3-10H,11-14H2,1-2H3. The molecule has 0 atom stereocenters. The van der Waals surface area contributed by atoms with E-state index in [-0.39, 0.29) is 17.4 Å². The van der Waals surface area contributed by atoms with Crippen molar-refractivity contribution in [1.29, 1.82) is 0 Å². The topological polar surface area (TPSA) is 52.6 Å². The van der Waals surface area contributed by atoms with Gasteiger partial charge in [0.1, 0.15) is 0 Å². The van der Waals surface area contributed by atoms with Gasteiger partial charge in [-0.1, -0.05) is 48.5 Å². The van der Waals surface area contributed by atoms with Crippen molar-refractivity contribution in [3.8, 4) is 11.1 Å². The highest BCUT2D eigenvalue weighted by molar-refractivity contribution is 5.82. The molecule has 4 heteroatoms. The molecule has 1 aliphatic carbocycles. The normalized spacial score (nSPS) is 13.7. The van der Waals surface area contributed by atoms with E-state index in [1.165, 1.54) is 36.5 Å². The molecule has 0 N–H and O–H groups in total. The van der Waals surface area contributed by atoms with Crippen molar-refractivity contribution in [3.05, 3.63) is 59.7 Å². The minimum atomic E-state index is -0.379. The average molecular weight is 338 g/mol. The lowest BCUT2D eigenvalue weighted by Crippen LogP contribution is -2.28. The third-order valence-corrected chi connectivity index (χ3v) is 5.14. The summed E-state index contributed by atoms with van der Waals surface area (Å²) in [7, 11) is 2.81. The number of carbonyl (C=O) groups is 2. The van der Waals surface area contributed by atoms with Gasteiger partial charge in [-0.25, -0.2) is 0 Å².